The molecule has 190 valence electrons. The van der Waals surface area contributed by atoms with Crippen LogP contribution in [-0.4, -0.2) is 23.7 Å². The summed E-state index contributed by atoms with van der Waals surface area (Å²) in [5.74, 6) is 1.96. The molecule has 2 aliphatic heterocycles. The molecule has 2 heterocycles. The van der Waals surface area contributed by atoms with E-state index in [2.05, 4.69) is 103 Å². The fourth-order valence-electron chi connectivity index (χ4n) is 6.51. The molecule has 1 saturated carbocycles. The number of hydrogen-bond donors (Lipinski definition) is 1. The Bertz CT molecular complexity index is 907. The molecular weight excluding hydrogens is 551 g/mol. The van der Waals surface area contributed by atoms with Gasteiger partial charge in [-0.1, -0.05) is 76.6 Å². The van der Waals surface area contributed by atoms with Gasteiger partial charge in [-0.25, -0.2) is 0 Å². The van der Waals surface area contributed by atoms with Crippen molar-refractivity contribution in [1.29, 1.82) is 0 Å². The van der Waals surface area contributed by atoms with Crippen LogP contribution in [0.1, 0.15) is 59.6 Å². The van der Waals surface area contributed by atoms with Crippen molar-refractivity contribution in [1.82, 2.24) is 0 Å². The van der Waals surface area contributed by atoms with Gasteiger partial charge < -0.3 is 12.5 Å². The van der Waals surface area contributed by atoms with Gasteiger partial charge in [-0.05, 0) is 64.1 Å². The zero-order chi connectivity index (χ0) is 24.7. The first-order chi connectivity index (χ1) is 15.4. The molecule has 0 amide bonds. The molecular formula is C27H41Cl2OS2SiTi-. The van der Waals surface area contributed by atoms with Gasteiger partial charge in [0.05, 0.1) is 8.07 Å². The molecule has 0 spiro atoms. The number of phenols is 1. The number of fused-ring (bicyclic) bond motifs is 3. The van der Waals surface area contributed by atoms with E-state index in [1.165, 1.54) is 32.6 Å². The van der Waals surface area contributed by atoms with Crippen LogP contribution in [0.4, 0.5) is 0 Å². The van der Waals surface area contributed by atoms with Crippen LogP contribution in [0.2, 0.25) is 17.6 Å². The normalized spacial score (nSPS) is 27.6. The number of benzene rings is 1. The van der Waals surface area contributed by atoms with Gasteiger partial charge in [0.15, 0.2) is 0 Å². The minimum atomic E-state index is -1.96. The number of phenolic OH excluding ortho intramolecular Hbond substituents is 1. The van der Waals surface area contributed by atoms with Crippen molar-refractivity contribution in [3.05, 3.63) is 52.6 Å². The van der Waals surface area contributed by atoms with Crippen molar-refractivity contribution in [2.24, 2.45) is 11.8 Å². The molecule has 0 bridgehead atoms. The summed E-state index contributed by atoms with van der Waals surface area (Å²) in [5, 5.41) is 14.4. The second-order valence-corrected chi connectivity index (χ2v) is 21.2. The molecule has 3 aliphatic rings. The Labute approximate surface area is 235 Å². The summed E-state index contributed by atoms with van der Waals surface area (Å²) >= 11 is 3.74. The Morgan fingerprint density at radius 3 is 1.76 bits per heavy atom. The van der Waals surface area contributed by atoms with Gasteiger partial charge in [0.2, 0.25) is 0 Å². The zero-order valence-corrected chi connectivity index (χ0v) is 27.8. The van der Waals surface area contributed by atoms with Gasteiger partial charge in [-0.15, -0.1) is 23.5 Å². The number of rotatable bonds is 4. The van der Waals surface area contributed by atoms with Gasteiger partial charge >= 0.3 is 35.6 Å². The average molecular weight is 593 g/mol. The quantitative estimate of drug-likeness (QED) is 0.278. The summed E-state index contributed by atoms with van der Waals surface area (Å²) in [4.78, 5) is 3.02. The first-order valence-electron chi connectivity index (χ1n) is 12.0. The van der Waals surface area contributed by atoms with E-state index in [9.17, 15) is 5.11 Å². The van der Waals surface area contributed by atoms with E-state index in [1.807, 2.05) is 0 Å². The Kier molecular flexibility index (Phi) is 11.0. The number of aryl methyl sites for hydroxylation is 1. The van der Waals surface area contributed by atoms with Crippen molar-refractivity contribution in [2.75, 3.05) is 0 Å². The summed E-state index contributed by atoms with van der Waals surface area (Å²) in [6.07, 6.45) is 5.15. The van der Waals surface area contributed by atoms with E-state index in [0.717, 1.165) is 5.56 Å². The zero-order valence-electron chi connectivity index (χ0n) is 22.1. The molecule has 7 heteroatoms. The SMILES string of the molecule is CC[Si](CC)(c1cc(C)cc(C(C)(C)C)c1O)C1C2SC(C)=CC2C2C=C(C)SC21.[CH3-].[Cl][Ti][Cl]. The molecule has 1 fully saturated rings. The van der Waals surface area contributed by atoms with E-state index < -0.39 is 25.1 Å². The van der Waals surface area contributed by atoms with Crippen LogP contribution in [0, 0.1) is 26.2 Å². The van der Waals surface area contributed by atoms with Gasteiger partial charge in [0.1, 0.15) is 5.75 Å². The number of allylic oxidation sites excluding steroid dienone is 4. The van der Waals surface area contributed by atoms with Gasteiger partial charge in [0, 0.05) is 10.5 Å². The molecule has 1 aromatic carbocycles. The average Bonchev–Trinajstić information content (AvgIpc) is 3.36. The van der Waals surface area contributed by atoms with Gasteiger partial charge in [-0.2, -0.15) is 0 Å². The maximum atomic E-state index is 11.7. The summed E-state index contributed by atoms with van der Waals surface area (Å²) in [5.41, 5.74) is 3.08. The summed E-state index contributed by atoms with van der Waals surface area (Å²) < 4.78 is 0. The maximum absolute atomic E-state index is 11.7. The first-order valence-corrected chi connectivity index (χ1v) is 20.5. The molecule has 34 heavy (non-hydrogen) atoms. The molecule has 0 saturated heterocycles. The van der Waals surface area contributed by atoms with Crippen LogP contribution in [0.3, 0.4) is 0 Å². The fourth-order valence-corrected chi connectivity index (χ4v) is 16.8. The van der Waals surface area contributed by atoms with E-state index in [4.69, 9.17) is 18.6 Å². The molecule has 4 rings (SSSR count). The van der Waals surface area contributed by atoms with Crippen LogP contribution in [0.5, 0.6) is 5.75 Å². The third kappa shape index (κ3) is 5.59. The molecule has 4 unspecified atom stereocenters. The molecule has 1 N–H and O–H groups in total. The standard InChI is InChI=1S/C26H38OS2Si.CH3.2ClH.Ti/c1-9-30(10-2,21-12-15(3)11-20(22(21)27)26(6,7)8)25-23-18(13-16(4)28-23)19-14-17(5)29-24(19)25;;;;/h11-14,18-19,23-25,27H,9-10H2,1-8H3;1H3;2*1H;/q;-1;;;+2/p-2. The van der Waals surface area contributed by atoms with Crippen molar-refractivity contribution in [3.8, 4) is 5.75 Å². The third-order valence-electron chi connectivity index (χ3n) is 7.91. The monoisotopic (exact) mass is 591 g/mol. The first kappa shape index (κ1) is 30.9. The minimum absolute atomic E-state index is 0. The second-order valence-electron chi connectivity index (χ2n) is 10.8. The predicted molar refractivity (Wildman–Crippen MR) is 157 cm³/mol. The van der Waals surface area contributed by atoms with Crippen molar-refractivity contribution in [2.45, 2.75) is 88.9 Å². The Morgan fingerprint density at radius 2 is 1.38 bits per heavy atom. The van der Waals surface area contributed by atoms with E-state index in [-0.39, 0.29) is 12.8 Å². The third-order valence-corrected chi connectivity index (χ3v) is 17.1. The molecule has 0 radical (unpaired) electrons. The van der Waals surface area contributed by atoms with E-state index >= 15 is 0 Å². The van der Waals surface area contributed by atoms with Crippen molar-refractivity contribution in [3.63, 3.8) is 0 Å². The second kappa shape index (κ2) is 12.1. The van der Waals surface area contributed by atoms with Crippen LogP contribution < -0.4 is 5.19 Å². The fraction of sp³-hybridized carbons (Fsp3) is 0.593. The van der Waals surface area contributed by atoms with Crippen LogP contribution in [0.15, 0.2) is 34.1 Å². The van der Waals surface area contributed by atoms with Gasteiger partial charge in [-0.3, -0.25) is 0 Å². The number of hydrogen-bond acceptors (Lipinski definition) is 3. The van der Waals surface area contributed by atoms with Gasteiger partial charge in [0.25, 0.3) is 0 Å². The van der Waals surface area contributed by atoms with Crippen LogP contribution in [-0.2, 0) is 22.4 Å². The predicted octanol–water partition coefficient (Wildman–Crippen LogP) is 9.18. The van der Waals surface area contributed by atoms with Crippen LogP contribution in [0.25, 0.3) is 0 Å². The van der Waals surface area contributed by atoms with Crippen LogP contribution >= 0.6 is 42.1 Å². The molecule has 0 aromatic heterocycles. The Morgan fingerprint density at radius 1 is 0.941 bits per heavy atom. The van der Waals surface area contributed by atoms with E-state index in [0.29, 0.717) is 33.6 Å². The molecule has 1 aromatic rings. The number of thioether (sulfide) groups is 2. The Hall–Kier alpha value is 0.711. The molecule has 4 atom stereocenters. The number of aromatic hydroxyl groups is 1. The molecule has 1 nitrogen and oxygen atoms in total. The molecule has 1 aliphatic carbocycles. The topological polar surface area (TPSA) is 20.2 Å². The Balaban J connectivity index is 0.000000970. The van der Waals surface area contributed by atoms with Crippen molar-refractivity contribution >= 4 is 55.4 Å². The summed E-state index contributed by atoms with van der Waals surface area (Å²) in [7, 11) is 7.82. The summed E-state index contributed by atoms with van der Waals surface area (Å²) in [6.45, 7) is 18.3. The van der Waals surface area contributed by atoms with E-state index in [1.54, 1.807) is 0 Å². The van der Waals surface area contributed by atoms with Crippen molar-refractivity contribution < 1.29 is 22.1 Å². The summed E-state index contributed by atoms with van der Waals surface area (Å²) in [6, 6.07) is 7.00. The number of halogens is 2.